The quantitative estimate of drug-likeness (QED) is 0.727. The number of carbonyl (C=O) groups excluding carboxylic acids is 1. The second-order valence-corrected chi connectivity index (χ2v) is 4.36. The smallest absolute Gasteiger partial charge is 0.197 e. The van der Waals surface area contributed by atoms with Crippen molar-refractivity contribution in [2.75, 3.05) is 0 Å². The Morgan fingerprint density at radius 1 is 1.33 bits per heavy atom. The first kappa shape index (κ1) is 9.98. The third-order valence-electron chi connectivity index (χ3n) is 2.26. The number of hydrogen-bond donors (Lipinski definition) is 0. The van der Waals surface area contributed by atoms with Crippen molar-refractivity contribution in [3.63, 3.8) is 0 Å². The van der Waals surface area contributed by atoms with Crippen LogP contribution in [0.4, 0.5) is 0 Å². The predicted molar refractivity (Wildman–Crippen MR) is 59.3 cm³/mol. The number of nitrogens with zero attached hydrogens (tertiary/aromatic N) is 2. The Morgan fingerprint density at radius 2 is 2.13 bits per heavy atom. The number of thiophene rings is 1. The highest BCUT2D eigenvalue weighted by molar-refractivity contribution is 7.10. The first-order chi connectivity index (χ1) is 7.20. The van der Waals surface area contributed by atoms with Crippen molar-refractivity contribution < 1.29 is 4.79 Å². The molecule has 0 amide bonds. The highest BCUT2D eigenvalue weighted by Crippen LogP contribution is 2.19. The van der Waals surface area contributed by atoms with Crippen LogP contribution < -0.4 is 0 Å². The number of carbonyl (C=O) groups is 1. The van der Waals surface area contributed by atoms with E-state index in [1.807, 2.05) is 25.3 Å². The SMILES string of the molecule is Cc1ncncc1C(=O)c1ccsc1C. The summed E-state index contributed by atoms with van der Waals surface area (Å²) in [5.74, 6) is 0.00634. The minimum atomic E-state index is 0.00634. The first-order valence-corrected chi connectivity index (χ1v) is 5.43. The normalized spacial score (nSPS) is 10.3. The lowest BCUT2D eigenvalue weighted by Crippen LogP contribution is -2.05. The lowest BCUT2D eigenvalue weighted by atomic mass is 10.1. The molecule has 0 radical (unpaired) electrons. The molecule has 0 fully saturated rings. The summed E-state index contributed by atoms with van der Waals surface area (Å²) in [7, 11) is 0. The van der Waals surface area contributed by atoms with Crippen LogP contribution in [0, 0.1) is 13.8 Å². The molecular formula is C11H10N2OS. The summed E-state index contributed by atoms with van der Waals surface area (Å²) < 4.78 is 0. The molecule has 0 unspecified atom stereocenters. The molecule has 2 rings (SSSR count). The van der Waals surface area contributed by atoms with Gasteiger partial charge in [0.05, 0.1) is 11.3 Å². The van der Waals surface area contributed by atoms with E-state index in [4.69, 9.17) is 0 Å². The van der Waals surface area contributed by atoms with Gasteiger partial charge in [0, 0.05) is 16.6 Å². The Hall–Kier alpha value is -1.55. The molecule has 0 aliphatic heterocycles. The van der Waals surface area contributed by atoms with E-state index < -0.39 is 0 Å². The summed E-state index contributed by atoms with van der Waals surface area (Å²) >= 11 is 1.57. The van der Waals surface area contributed by atoms with E-state index in [1.165, 1.54) is 6.33 Å². The molecule has 0 spiro atoms. The maximum Gasteiger partial charge on any atom is 0.197 e. The third-order valence-corrected chi connectivity index (χ3v) is 3.11. The van der Waals surface area contributed by atoms with Gasteiger partial charge in [0.1, 0.15) is 6.33 Å². The van der Waals surface area contributed by atoms with Crippen molar-refractivity contribution in [3.8, 4) is 0 Å². The summed E-state index contributed by atoms with van der Waals surface area (Å²) in [6, 6.07) is 1.84. The number of aromatic nitrogens is 2. The molecule has 76 valence electrons. The first-order valence-electron chi connectivity index (χ1n) is 4.55. The standard InChI is InChI=1S/C11H10N2OS/c1-7-10(5-12-6-13-7)11(14)9-3-4-15-8(9)2/h3-6H,1-2H3. The van der Waals surface area contributed by atoms with Crippen LogP contribution in [0.3, 0.4) is 0 Å². The van der Waals surface area contributed by atoms with Crippen LogP contribution in [0.25, 0.3) is 0 Å². The highest BCUT2D eigenvalue weighted by atomic mass is 32.1. The minimum Gasteiger partial charge on any atom is -0.288 e. The van der Waals surface area contributed by atoms with E-state index in [-0.39, 0.29) is 5.78 Å². The van der Waals surface area contributed by atoms with Crippen molar-refractivity contribution in [2.24, 2.45) is 0 Å². The van der Waals surface area contributed by atoms with Gasteiger partial charge in [0.25, 0.3) is 0 Å². The molecule has 2 heterocycles. The van der Waals surface area contributed by atoms with Crippen molar-refractivity contribution in [1.29, 1.82) is 0 Å². The average Bonchev–Trinajstić information content (AvgIpc) is 2.64. The van der Waals surface area contributed by atoms with Gasteiger partial charge in [-0.15, -0.1) is 11.3 Å². The number of rotatable bonds is 2. The van der Waals surface area contributed by atoms with Crippen LogP contribution in [0.15, 0.2) is 24.0 Å². The van der Waals surface area contributed by atoms with Gasteiger partial charge >= 0.3 is 0 Å². The van der Waals surface area contributed by atoms with Crippen LogP contribution in [0.2, 0.25) is 0 Å². The van der Waals surface area contributed by atoms with Crippen molar-refractivity contribution >= 4 is 17.1 Å². The molecule has 3 nitrogen and oxygen atoms in total. The Morgan fingerprint density at radius 3 is 2.73 bits per heavy atom. The fourth-order valence-corrected chi connectivity index (χ4v) is 2.08. The number of aryl methyl sites for hydroxylation is 2. The summed E-state index contributed by atoms with van der Waals surface area (Å²) in [5.41, 5.74) is 2.05. The molecular weight excluding hydrogens is 208 g/mol. The van der Waals surface area contributed by atoms with Crippen molar-refractivity contribution in [2.45, 2.75) is 13.8 Å². The van der Waals surface area contributed by atoms with Crippen LogP contribution >= 0.6 is 11.3 Å². The molecule has 0 aliphatic rings. The van der Waals surface area contributed by atoms with Gasteiger partial charge in [-0.25, -0.2) is 9.97 Å². The summed E-state index contributed by atoms with van der Waals surface area (Å²) in [4.78, 5) is 21.0. The maximum absolute atomic E-state index is 12.1. The molecule has 15 heavy (non-hydrogen) atoms. The van der Waals surface area contributed by atoms with E-state index in [9.17, 15) is 4.79 Å². The van der Waals surface area contributed by atoms with Crippen molar-refractivity contribution in [1.82, 2.24) is 9.97 Å². The van der Waals surface area contributed by atoms with Gasteiger partial charge in [-0.1, -0.05) is 0 Å². The predicted octanol–water partition coefficient (Wildman–Crippen LogP) is 2.39. The van der Waals surface area contributed by atoms with E-state index in [0.717, 1.165) is 16.1 Å². The van der Waals surface area contributed by atoms with E-state index in [1.54, 1.807) is 17.5 Å². The Balaban J connectivity index is 2.46. The van der Waals surface area contributed by atoms with Gasteiger partial charge in [-0.2, -0.15) is 0 Å². The van der Waals surface area contributed by atoms with Gasteiger partial charge < -0.3 is 0 Å². The minimum absolute atomic E-state index is 0.00634. The van der Waals surface area contributed by atoms with E-state index >= 15 is 0 Å². The van der Waals surface area contributed by atoms with Gasteiger partial charge in [0.15, 0.2) is 5.78 Å². The Kier molecular flexibility index (Phi) is 2.60. The van der Waals surface area contributed by atoms with E-state index in [0.29, 0.717) is 5.56 Å². The molecule has 0 aromatic carbocycles. The van der Waals surface area contributed by atoms with Crippen LogP contribution in [-0.2, 0) is 0 Å². The molecule has 0 N–H and O–H groups in total. The molecule has 4 heteroatoms. The molecule has 2 aromatic heterocycles. The number of hydrogen-bond acceptors (Lipinski definition) is 4. The molecule has 2 aromatic rings. The Bertz CT molecular complexity index is 505. The third kappa shape index (κ3) is 1.80. The second-order valence-electron chi connectivity index (χ2n) is 3.24. The zero-order valence-electron chi connectivity index (χ0n) is 8.52. The maximum atomic E-state index is 12.1. The molecule has 0 saturated carbocycles. The second kappa shape index (κ2) is 3.90. The van der Waals surface area contributed by atoms with Crippen molar-refractivity contribution in [3.05, 3.63) is 45.7 Å². The van der Waals surface area contributed by atoms with E-state index in [2.05, 4.69) is 9.97 Å². The summed E-state index contributed by atoms with van der Waals surface area (Å²) in [6.45, 7) is 3.76. The molecule has 0 atom stereocenters. The lowest BCUT2D eigenvalue weighted by Gasteiger charge is -2.01. The Labute approximate surface area is 91.8 Å². The zero-order valence-corrected chi connectivity index (χ0v) is 9.34. The van der Waals surface area contributed by atoms with Gasteiger partial charge in [-0.05, 0) is 25.3 Å². The van der Waals surface area contributed by atoms with Gasteiger partial charge in [0.2, 0.25) is 0 Å². The monoisotopic (exact) mass is 218 g/mol. The zero-order chi connectivity index (χ0) is 10.8. The topological polar surface area (TPSA) is 42.9 Å². The van der Waals surface area contributed by atoms with Crippen LogP contribution in [0.5, 0.6) is 0 Å². The summed E-state index contributed by atoms with van der Waals surface area (Å²) in [5, 5.41) is 1.92. The lowest BCUT2D eigenvalue weighted by molar-refractivity contribution is 0.103. The number of ketones is 1. The average molecular weight is 218 g/mol. The summed E-state index contributed by atoms with van der Waals surface area (Å²) in [6.07, 6.45) is 3.02. The van der Waals surface area contributed by atoms with Crippen LogP contribution in [0.1, 0.15) is 26.5 Å². The molecule has 0 aliphatic carbocycles. The highest BCUT2D eigenvalue weighted by Gasteiger charge is 2.15. The largest absolute Gasteiger partial charge is 0.288 e. The molecule has 0 bridgehead atoms. The van der Waals surface area contributed by atoms with Gasteiger partial charge in [-0.3, -0.25) is 4.79 Å². The van der Waals surface area contributed by atoms with Crippen LogP contribution in [-0.4, -0.2) is 15.8 Å². The fourth-order valence-electron chi connectivity index (χ4n) is 1.38. The molecule has 0 saturated heterocycles. The fraction of sp³-hybridized carbons (Fsp3) is 0.182.